The number of piperidine rings is 1. The summed E-state index contributed by atoms with van der Waals surface area (Å²) in [7, 11) is 0. The lowest BCUT2D eigenvalue weighted by Crippen LogP contribution is -2.55. The Hall–Kier alpha value is -0.610. The molecule has 1 heterocycles. The molecule has 12 heavy (non-hydrogen) atoms. The van der Waals surface area contributed by atoms with Crippen molar-refractivity contribution in [3.05, 3.63) is 0 Å². The van der Waals surface area contributed by atoms with Gasteiger partial charge in [-0.2, -0.15) is 0 Å². The number of carboxylic acids is 1. The van der Waals surface area contributed by atoms with Crippen molar-refractivity contribution in [1.82, 2.24) is 5.32 Å². The summed E-state index contributed by atoms with van der Waals surface area (Å²) >= 11 is 0. The highest BCUT2D eigenvalue weighted by atomic mass is 16.4. The van der Waals surface area contributed by atoms with Gasteiger partial charge < -0.3 is 16.2 Å². The van der Waals surface area contributed by atoms with E-state index >= 15 is 0 Å². The predicted molar refractivity (Wildman–Crippen MR) is 45.8 cm³/mol. The average Bonchev–Trinajstić information content (AvgIpc) is 2.06. The average molecular weight is 172 g/mol. The molecule has 1 aliphatic rings. The highest BCUT2D eigenvalue weighted by Crippen LogP contribution is 2.21. The van der Waals surface area contributed by atoms with Crippen LogP contribution in [-0.2, 0) is 4.79 Å². The molecule has 70 valence electrons. The first-order valence-electron chi connectivity index (χ1n) is 4.28. The van der Waals surface area contributed by atoms with Crippen molar-refractivity contribution in [1.29, 1.82) is 0 Å². The topological polar surface area (TPSA) is 75.4 Å². The maximum atomic E-state index is 10.8. The van der Waals surface area contributed by atoms with Crippen LogP contribution in [0.5, 0.6) is 0 Å². The standard InChI is InChI=1S/C8H16N2O2/c1-8(9,7(11)12)6-3-2-4-10-5-6/h6,10H,2-5,9H2,1H3,(H,11,12)/t6?,8-/m0/s1. The first kappa shape index (κ1) is 9.48. The quantitative estimate of drug-likeness (QED) is 0.538. The molecular weight excluding hydrogens is 156 g/mol. The number of hydrogen-bond donors (Lipinski definition) is 3. The number of aliphatic carboxylic acids is 1. The fraction of sp³-hybridized carbons (Fsp3) is 0.875. The summed E-state index contributed by atoms with van der Waals surface area (Å²) in [5.74, 6) is -0.847. The van der Waals surface area contributed by atoms with Crippen LogP contribution in [-0.4, -0.2) is 29.7 Å². The van der Waals surface area contributed by atoms with E-state index in [1.807, 2.05) is 0 Å². The maximum Gasteiger partial charge on any atom is 0.323 e. The Bertz CT molecular complexity index is 174. The molecule has 0 aromatic rings. The van der Waals surface area contributed by atoms with Gasteiger partial charge in [0.2, 0.25) is 0 Å². The summed E-state index contributed by atoms with van der Waals surface area (Å²) in [5.41, 5.74) is 4.62. The zero-order valence-electron chi connectivity index (χ0n) is 7.34. The van der Waals surface area contributed by atoms with E-state index in [4.69, 9.17) is 10.8 Å². The Labute approximate surface area is 72.1 Å². The molecule has 0 amide bonds. The Morgan fingerprint density at radius 3 is 2.83 bits per heavy atom. The van der Waals surface area contributed by atoms with Crippen LogP contribution in [0.15, 0.2) is 0 Å². The van der Waals surface area contributed by atoms with Gasteiger partial charge in [-0.15, -0.1) is 0 Å². The molecule has 0 radical (unpaired) electrons. The van der Waals surface area contributed by atoms with Crippen LogP contribution in [0.1, 0.15) is 19.8 Å². The molecule has 0 bridgehead atoms. The summed E-state index contributed by atoms with van der Waals surface area (Å²) in [6, 6.07) is 0. The van der Waals surface area contributed by atoms with Crippen molar-refractivity contribution in [2.45, 2.75) is 25.3 Å². The van der Waals surface area contributed by atoms with E-state index in [9.17, 15) is 4.79 Å². The van der Waals surface area contributed by atoms with Crippen LogP contribution in [0.2, 0.25) is 0 Å². The molecule has 2 atom stereocenters. The molecule has 0 saturated carbocycles. The third-order valence-electron chi connectivity index (χ3n) is 2.61. The van der Waals surface area contributed by atoms with E-state index in [1.165, 1.54) is 0 Å². The van der Waals surface area contributed by atoms with Crippen LogP contribution in [0.3, 0.4) is 0 Å². The molecule has 0 aromatic carbocycles. The second-order valence-corrected chi connectivity index (χ2v) is 3.63. The van der Waals surface area contributed by atoms with E-state index < -0.39 is 11.5 Å². The van der Waals surface area contributed by atoms with Gasteiger partial charge in [-0.25, -0.2) is 0 Å². The van der Waals surface area contributed by atoms with E-state index in [1.54, 1.807) is 6.92 Å². The van der Waals surface area contributed by atoms with Crippen LogP contribution in [0.4, 0.5) is 0 Å². The number of carboxylic acid groups (broad SMARTS) is 1. The molecule has 1 unspecified atom stereocenters. The van der Waals surface area contributed by atoms with E-state index in [0.29, 0.717) is 0 Å². The molecule has 1 aliphatic heterocycles. The Morgan fingerprint density at radius 1 is 1.75 bits per heavy atom. The zero-order chi connectivity index (χ0) is 9.19. The van der Waals surface area contributed by atoms with Gasteiger partial charge in [-0.05, 0) is 32.2 Å². The molecule has 4 heteroatoms. The lowest BCUT2D eigenvalue weighted by molar-refractivity contribution is -0.145. The molecule has 0 spiro atoms. The van der Waals surface area contributed by atoms with Gasteiger partial charge in [0.05, 0.1) is 0 Å². The highest BCUT2D eigenvalue weighted by molar-refractivity contribution is 5.78. The van der Waals surface area contributed by atoms with E-state index in [0.717, 1.165) is 25.9 Å². The lowest BCUT2D eigenvalue weighted by Gasteiger charge is -2.33. The van der Waals surface area contributed by atoms with Crippen LogP contribution < -0.4 is 11.1 Å². The number of nitrogens with two attached hydrogens (primary N) is 1. The van der Waals surface area contributed by atoms with Gasteiger partial charge in [-0.1, -0.05) is 0 Å². The van der Waals surface area contributed by atoms with Crippen molar-refractivity contribution in [3.8, 4) is 0 Å². The molecule has 0 aromatic heterocycles. The molecule has 1 fully saturated rings. The number of rotatable bonds is 2. The van der Waals surface area contributed by atoms with Crippen molar-refractivity contribution < 1.29 is 9.90 Å². The van der Waals surface area contributed by atoms with Crippen LogP contribution in [0.25, 0.3) is 0 Å². The first-order chi connectivity index (χ1) is 5.55. The largest absolute Gasteiger partial charge is 0.480 e. The normalized spacial score (nSPS) is 29.3. The van der Waals surface area contributed by atoms with Gasteiger partial charge >= 0.3 is 5.97 Å². The number of hydrogen-bond acceptors (Lipinski definition) is 3. The third kappa shape index (κ3) is 1.76. The van der Waals surface area contributed by atoms with Crippen molar-refractivity contribution >= 4 is 5.97 Å². The number of carbonyl (C=O) groups is 1. The Morgan fingerprint density at radius 2 is 2.42 bits per heavy atom. The monoisotopic (exact) mass is 172 g/mol. The number of nitrogens with one attached hydrogen (secondary N) is 1. The van der Waals surface area contributed by atoms with Gasteiger partial charge in [0.1, 0.15) is 5.54 Å². The fourth-order valence-corrected chi connectivity index (χ4v) is 1.54. The maximum absolute atomic E-state index is 10.8. The second-order valence-electron chi connectivity index (χ2n) is 3.63. The SMILES string of the molecule is C[C@@](N)(C(=O)O)C1CCCNC1. The first-order valence-corrected chi connectivity index (χ1v) is 4.28. The predicted octanol–water partition coefficient (Wildman–Crippen LogP) is -0.212. The highest BCUT2D eigenvalue weighted by Gasteiger charge is 2.37. The summed E-state index contributed by atoms with van der Waals surface area (Å²) < 4.78 is 0. The van der Waals surface area contributed by atoms with Crippen molar-refractivity contribution in [2.24, 2.45) is 11.7 Å². The molecular formula is C8H16N2O2. The second kappa shape index (κ2) is 3.41. The van der Waals surface area contributed by atoms with Gasteiger partial charge in [0.25, 0.3) is 0 Å². The third-order valence-corrected chi connectivity index (χ3v) is 2.61. The molecule has 4 N–H and O–H groups in total. The summed E-state index contributed by atoms with van der Waals surface area (Å²) in [6.45, 7) is 3.29. The van der Waals surface area contributed by atoms with Gasteiger partial charge in [-0.3, -0.25) is 4.79 Å². The van der Waals surface area contributed by atoms with Crippen molar-refractivity contribution in [3.63, 3.8) is 0 Å². The van der Waals surface area contributed by atoms with Crippen LogP contribution >= 0.6 is 0 Å². The molecule has 1 rings (SSSR count). The van der Waals surface area contributed by atoms with Crippen molar-refractivity contribution in [2.75, 3.05) is 13.1 Å². The molecule has 4 nitrogen and oxygen atoms in total. The van der Waals surface area contributed by atoms with E-state index in [2.05, 4.69) is 5.32 Å². The minimum atomic E-state index is -1.08. The minimum Gasteiger partial charge on any atom is -0.480 e. The molecule has 1 saturated heterocycles. The van der Waals surface area contributed by atoms with Gasteiger partial charge in [0.15, 0.2) is 0 Å². The van der Waals surface area contributed by atoms with Crippen LogP contribution in [0, 0.1) is 5.92 Å². The Balaban J connectivity index is 2.59. The summed E-state index contributed by atoms with van der Waals surface area (Å²) in [5, 5.41) is 12.0. The lowest BCUT2D eigenvalue weighted by atomic mass is 9.81. The Kier molecular flexibility index (Phi) is 2.69. The minimum absolute atomic E-state index is 0.0590. The smallest absolute Gasteiger partial charge is 0.323 e. The summed E-state index contributed by atoms with van der Waals surface area (Å²) in [4.78, 5) is 10.8. The summed E-state index contributed by atoms with van der Waals surface area (Å²) in [6.07, 6.45) is 1.93. The zero-order valence-corrected chi connectivity index (χ0v) is 7.34. The molecule has 0 aliphatic carbocycles. The fourth-order valence-electron chi connectivity index (χ4n) is 1.54. The van der Waals surface area contributed by atoms with Gasteiger partial charge in [0, 0.05) is 6.54 Å². The van der Waals surface area contributed by atoms with E-state index in [-0.39, 0.29) is 5.92 Å².